The van der Waals surface area contributed by atoms with Crippen LogP contribution >= 0.6 is 35.6 Å². The van der Waals surface area contributed by atoms with E-state index in [1.807, 2.05) is 31.9 Å². The van der Waals surface area contributed by atoms with Gasteiger partial charge in [0.25, 0.3) is 0 Å². The minimum absolute atomic E-state index is 0. The van der Waals surface area contributed by atoms with Crippen LogP contribution in [0.25, 0.3) is 0 Å². The van der Waals surface area contributed by atoms with Gasteiger partial charge in [-0.2, -0.15) is 0 Å². The zero-order chi connectivity index (χ0) is 17.7. The van der Waals surface area contributed by atoms with Crippen LogP contribution < -0.4 is 5.32 Å². The number of hydrogen-bond donors (Lipinski definition) is 1. The molecule has 8 heteroatoms. The quantitative estimate of drug-likeness (QED) is 0.398. The average Bonchev–Trinajstić information content (AvgIpc) is 3.00. The summed E-state index contributed by atoms with van der Waals surface area (Å²) in [4.78, 5) is 6.23. The summed E-state index contributed by atoms with van der Waals surface area (Å²) in [5, 5.41) is 7.65. The number of benzene rings is 1. The lowest BCUT2D eigenvalue weighted by Crippen LogP contribution is -2.44. The van der Waals surface area contributed by atoms with Gasteiger partial charge in [-0.3, -0.25) is 4.99 Å². The van der Waals surface area contributed by atoms with E-state index in [-0.39, 0.29) is 35.2 Å². The Morgan fingerprint density at radius 1 is 1.40 bits per heavy atom. The van der Waals surface area contributed by atoms with Crippen molar-refractivity contribution in [3.05, 3.63) is 52.6 Å². The van der Waals surface area contributed by atoms with Gasteiger partial charge in [0.1, 0.15) is 17.8 Å². The predicted octanol–water partition coefficient (Wildman–Crippen LogP) is 4.07. The number of halogens is 3. The second-order valence-electron chi connectivity index (χ2n) is 6.26. The molecule has 0 amide bonds. The zero-order valence-electron chi connectivity index (χ0n) is 14.7. The SMILES string of the molecule is CN=C(NCC(C)(C)c1ccc(F)cc1Cl)N(C)Cc1ccon1.I. The van der Waals surface area contributed by atoms with Crippen LogP contribution in [0.2, 0.25) is 5.02 Å². The molecule has 2 aromatic rings. The van der Waals surface area contributed by atoms with E-state index in [0.717, 1.165) is 17.2 Å². The van der Waals surface area contributed by atoms with E-state index >= 15 is 0 Å². The Kier molecular flexibility index (Phi) is 8.14. The molecule has 138 valence electrons. The minimum atomic E-state index is -0.337. The van der Waals surface area contributed by atoms with Crippen molar-refractivity contribution >= 4 is 41.5 Å². The van der Waals surface area contributed by atoms with Gasteiger partial charge in [-0.1, -0.05) is 36.7 Å². The Bertz CT molecular complexity index is 707. The van der Waals surface area contributed by atoms with Crippen LogP contribution in [0.3, 0.4) is 0 Å². The molecule has 0 saturated carbocycles. The molecule has 1 N–H and O–H groups in total. The van der Waals surface area contributed by atoms with Crippen LogP contribution in [0, 0.1) is 5.82 Å². The highest BCUT2D eigenvalue weighted by atomic mass is 127. The zero-order valence-corrected chi connectivity index (χ0v) is 17.8. The molecule has 0 aliphatic rings. The third-order valence-corrected chi connectivity index (χ3v) is 4.13. The van der Waals surface area contributed by atoms with E-state index < -0.39 is 0 Å². The first-order valence-electron chi connectivity index (χ1n) is 7.60. The molecular weight excluding hydrogens is 458 g/mol. The van der Waals surface area contributed by atoms with E-state index in [0.29, 0.717) is 18.1 Å². The van der Waals surface area contributed by atoms with Crippen LogP contribution in [0.15, 0.2) is 40.0 Å². The maximum atomic E-state index is 13.3. The Hall–Kier alpha value is -1.35. The molecular formula is C17H23ClFIN4O. The van der Waals surface area contributed by atoms with Crippen molar-refractivity contribution in [3.8, 4) is 0 Å². The Morgan fingerprint density at radius 3 is 2.68 bits per heavy atom. The van der Waals surface area contributed by atoms with Gasteiger partial charge in [-0.15, -0.1) is 24.0 Å². The molecule has 25 heavy (non-hydrogen) atoms. The monoisotopic (exact) mass is 480 g/mol. The van der Waals surface area contributed by atoms with Crippen LogP contribution in [0.1, 0.15) is 25.1 Å². The minimum Gasteiger partial charge on any atom is -0.364 e. The summed E-state index contributed by atoms with van der Waals surface area (Å²) in [6.07, 6.45) is 1.54. The number of rotatable bonds is 5. The maximum Gasteiger partial charge on any atom is 0.193 e. The lowest BCUT2D eigenvalue weighted by atomic mass is 9.84. The van der Waals surface area contributed by atoms with E-state index in [1.165, 1.54) is 12.1 Å². The fraction of sp³-hybridized carbons (Fsp3) is 0.412. The lowest BCUT2D eigenvalue weighted by Gasteiger charge is -2.29. The van der Waals surface area contributed by atoms with Gasteiger partial charge in [0, 0.05) is 37.1 Å². The van der Waals surface area contributed by atoms with E-state index in [4.69, 9.17) is 16.1 Å². The van der Waals surface area contributed by atoms with Gasteiger partial charge < -0.3 is 14.7 Å². The second kappa shape index (κ2) is 9.38. The third-order valence-electron chi connectivity index (χ3n) is 3.81. The number of guanidine groups is 1. The molecule has 5 nitrogen and oxygen atoms in total. The van der Waals surface area contributed by atoms with Crippen LogP contribution in [-0.4, -0.2) is 36.7 Å². The molecule has 0 radical (unpaired) electrons. The van der Waals surface area contributed by atoms with Crippen molar-refractivity contribution in [1.29, 1.82) is 0 Å². The molecule has 0 aliphatic carbocycles. The fourth-order valence-corrected chi connectivity index (χ4v) is 2.88. The summed E-state index contributed by atoms with van der Waals surface area (Å²) in [6.45, 7) is 5.26. The number of aromatic nitrogens is 1. The Balaban J connectivity index is 0.00000312. The highest BCUT2D eigenvalue weighted by molar-refractivity contribution is 14.0. The molecule has 2 rings (SSSR count). The molecule has 0 unspecified atom stereocenters. The first-order chi connectivity index (χ1) is 11.3. The molecule has 0 aliphatic heterocycles. The highest BCUT2D eigenvalue weighted by Gasteiger charge is 2.24. The highest BCUT2D eigenvalue weighted by Crippen LogP contribution is 2.29. The normalized spacial score (nSPS) is 11.8. The molecule has 1 heterocycles. The smallest absolute Gasteiger partial charge is 0.193 e. The largest absolute Gasteiger partial charge is 0.364 e. The van der Waals surface area contributed by atoms with Gasteiger partial charge >= 0.3 is 0 Å². The molecule has 0 atom stereocenters. The summed E-state index contributed by atoms with van der Waals surface area (Å²) < 4.78 is 18.1. The van der Waals surface area contributed by atoms with Crippen LogP contribution in [0.5, 0.6) is 0 Å². The van der Waals surface area contributed by atoms with Crippen LogP contribution in [-0.2, 0) is 12.0 Å². The standard InChI is InChI=1S/C17H22ClFN4O.HI/c1-17(2,14-6-5-12(19)9-15(14)18)11-21-16(20-3)23(4)10-13-7-8-24-22-13;/h5-9H,10-11H2,1-4H3,(H,20,21);1H. The van der Waals surface area contributed by atoms with E-state index in [2.05, 4.69) is 15.5 Å². The van der Waals surface area contributed by atoms with Crippen molar-refractivity contribution in [2.75, 3.05) is 20.6 Å². The summed E-state index contributed by atoms with van der Waals surface area (Å²) in [7, 11) is 3.64. The first kappa shape index (κ1) is 21.7. The second-order valence-corrected chi connectivity index (χ2v) is 6.66. The Morgan fingerprint density at radius 2 is 2.12 bits per heavy atom. The number of nitrogens with zero attached hydrogens (tertiary/aromatic N) is 3. The molecule has 0 fully saturated rings. The maximum absolute atomic E-state index is 13.3. The average molecular weight is 481 g/mol. The first-order valence-corrected chi connectivity index (χ1v) is 7.98. The third kappa shape index (κ3) is 5.85. The van der Waals surface area contributed by atoms with Crippen molar-refractivity contribution < 1.29 is 8.91 Å². The summed E-state index contributed by atoms with van der Waals surface area (Å²) in [5.41, 5.74) is 1.41. The predicted molar refractivity (Wildman–Crippen MR) is 109 cm³/mol. The van der Waals surface area contributed by atoms with Gasteiger partial charge in [0.05, 0.1) is 6.54 Å². The number of aliphatic imine (C=N–C) groups is 1. The summed E-state index contributed by atoms with van der Waals surface area (Å²) in [5.74, 6) is 0.389. The van der Waals surface area contributed by atoms with Gasteiger partial charge in [-0.05, 0) is 17.7 Å². The summed E-state index contributed by atoms with van der Waals surface area (Å²) >= 11 is 6.19. The van der Waals surface area contributed by atoms with E-state index in [9.17, 15) is 4.39 Å². The molecule has 0 bridgehead atoms. The molecule has 0 saturated heterocycles. The van der Waals surface area contributed by atoms with Crippen molar-refractivity contribution in [3.63, 3.8) is 0 Å². The van der Waals surface area contributed by atoms with Crippen molar-refractivity contribution in [1.82, 2.24) is 15.4 Å². The van der Waals surface area contributed by atoms with Crippen LogP contribution in [0.4, 0.5) is 4.39 Å². The number of hydrogen-bond acceptors (Lipinski definition) is 3. The topological polar surface area (TPSA) is 53.7 Å². The lowest BCUT2D eigenvalue weighted by molar-refractivity contribution is 0.388. The van der Waals surface area contributed by atoms with E-state index in [1.54, 1.807) is 19.4 Å². The number of nitrogens with one attached hydrogen (secondary N) is 1. The van der Waals surface area contributed by atoms with Gasteiger partial charge in [0.15, 0.2) is 5.96 Å². The Labute approximate surface area is 169 Å². The van der Waals surface area contributed by atoms with Gasteiger partial charge in [-0.25, -0.2) is 4.39 Å². The molecule has 1 aromatic heterocycles. The van der Waals surface area contributed by atoms with Crippen molar-refractivity contribution in [2.45, 2.75) is 25.8 Å². The van der Waals surface area contributed by atoms with Gasteiger partial charge in [0.2, 0.25) is 0 Å². The van der Waals surface area contributed by atoms with Crippen molar-refractivity contribution in [2.24, 2.45) is 4.99 Å². The fourth-order valence-electron chi connectivity index (χ4n) is 2.46. The molecule has 0 spiro atoms. The molecule has 1 aromatic carbocycles. The summed E-state index contributed by atoms with van der Waals surface area (Å²) in [6, 6.07) is 6.30.